The molecule has 0 unspecified atom stereocenters. The number of hydrogen-bond acceptors (Lipinski definition) is 5. The molecule has 0 radical (unpaired) electrons. The standard InChI is InChI=1S/C23H18FNO5/c24-18-5-1-15(2-6-18)11-25(12-16-3-7-19-21(9-16)29-13-27-19)23(26)17-4-8-20-22(10-17)30-14-28-20/h1-10H,11-14H2. The van der Waals surface area contributed by atoms with Crippen molar-refractivity contribution in [3.63, 3.8) is 0 Å². The van der Waals surface area contributed by atoms with Crippen molar-refractivity contribution in [2.75, 3.05) is 13.6 Å². The number of fused-ring (bicyclic) bond motifs is 2. The quantitative estimate of drug-likeness (QED) is 0.637. The van der Waals surface area contributed by atoms with Crippen LogP contribution in [-0.2, 0) is 13.1 Å². The average molecular weight is 407 g/mol. The minimum Gasteiger partial charge on any atom is -0.454 e. The van der Waals surface area contributed by atoms with E-state index in [2.05, 4.69) is 0 Å². The summed E-state index contributed by atoms with van der Waals surface area (Å²) in [5.74, 6) is 2.02. The Morgan fingerprint density at radius 3 is 2.03 bits per heavy atom. The summed E-state index contributed by atoms with van der Waals surface area (Å²) >= 11 is 0. The van der Waals surface area contributed by atoms with Crippen LogP contribution in [-0.4, -0.2) is 24.4 Å². The number of rotatable bonds is 5. The number of amides is 1. The molecule has 0 aliphatic carbocycles. The van der Waals surface area contributed by atoms with E-state index in [0.717, 1.165) is 11.1 Å². The molecule has 1 amide bonds. The lowest BCUT2D eigenvalue weighted by molar-refractivity contribution is 0.0729. The highest BCUT2D eigenvalue weighted by molar-refractivity contribution is 5.95. The maximum Gasteiger partial charge on any atom is 0.254 e. The third-order valence-electron chi connectivity index (χ3n) is 5.00. The smallest absolute Gasteiger partial charge is 0.254 e. The van der Waals surface area contributed by atoms with Crippen molar-refractivity contribution < 1.29 is 28.1 Å². The zero-order valence-electron chi connectivity index (χ0n) is 16.0. The van der Waals surface area contributed by atoms with E-state index in [1.165, 1.54) is 12.1 Å². The van der Waals surface area contributed by atoms with Crippen LogP contribution in [0, 0.1) is 5.82 Å². The molecule has 2 aliphatic rings. The van der Waals surface area contributed by atoms with Crippen LogP contribution in [0.5, 0.6) is 23.0 Å². The van der Waals surface area contributed by atoms with Crippen LogP contribution in [0.4, 0.5) is 4.39 Å². The zero-order valence-corrected chi connectivity index (χ0v) is 16.0. The third-order valence-corrected chi connectivity index (χ3v) is 5.00. The van der Waals surface area contributed by atoms with E-state index < -0.39 is 0 Å². The summed E-state index contributed by atoms with van der Waals surface area (Å²) in [5, 5.41) is 0. The fourth-order valence-electron chi connectivity index (χ4n) is 3.48. The van der Waals surface area contributed by atoms with E-state index in [-0.39, 0.29) is 25.3 Å². The fourth-order valence-corrected chi connectivity index (χ4v) is 3.48. The second kappa shape index (κ2) is 7.59. The molecule has 0 atom stereocenters. The molecule has 0 saturated heterocycles. The summed E-state index contributed by atoms with van der Waals surface area (Å²) in [6.07, 6.45) is 0. The first-order valence-corrected chi connectivity index (χ1v) is 9.47. The lowest BCUT2D eigenvalue weighted by atomic mass is 10.1. The van der Waals surface area contributed by atoms with Crippen molar-refractivity contribution in [2.24, 2.45) is 0 Å². The van der Waals surface area contributed by atoms with E-state index in [4.69, 9.17) is 18.9 Å². The SMILES string of the molecule is O=C(c1ccc2c(c1)OCO2)N(Cc1ccc(F)cc1)Cc1ccc2c(c1)OCO2. The van der Waals surface area contributed by atoms with E-state index in [1.807, 2.05) is 18.2 Å². The van der Waals surface area contributed by atoms with Gasteiger partial charge in [0.25, 0.3) is 5.91 Å². The molecule has 0 N–H and O–H groups in total. The largest absolute Gasteiger partial charge is 0.454 e. The van der Waals surface area contributed by atoms with E-state index in [9.17, 15) is 9.18 Å². The van der Waals surface area contributed by atoms with Gasteiger partial charge in [0.15, 0.2) is 23.0 Å². The molecule has 3 aromatic rings. The molecule has 0 saturated carbocycles. The summed E-state index contributed by atoms with van der Waals surface area (Å²) in [4.78, 5) is 15.1. The molecular formula is C23H18FNO5. The van der Waals surface area contributed by atoms with Gasteiger partial charge in [-0.25, -0.2) is 4.39 Å². The van der Waals surface area contributed by atoms with Gasteiger partial charge >= 0.3 is 0 Å². The summed E-state index contributed by atoms with van der Waals surface area (Å²) in [5.41, 5.74) is 2.21. The topological polar surface area (TPSA) is 57.2 Å². The molecule has 3 aromatic carbocycles. The van der Waals surface area contributed by atoms with Gasteiger partial charge in [-0.3, -0.25) is 4.79 Å². The minimum atomic E-state index is -0.317. The highest BCUT2D eigenvalue weighted by Gasteiger charge is 2.22. The zero-order chi connectivity index (χ0) is 20.5. The summed E-state index contributed by atoms with van der Waals surface area (Å²) in [6, 6.07) is 16.9. The summed E-state index contributed by atoms with van der Waals surface area (Å²) < 4.78 is 34.9. The van der Waals surface area contributed by atoms with Gasteiger partial charge in [-0.1, -0.05) is 18.2 Å². The van der Waals surface area contributed by atoms with E-state index in [1.54, 1.807) is 35.2 Å². The van der Waals surface area contributed by atoms with Crippen molar-refractivity contribution in [1.82, 2.24) is 4.90 Å². The van der Waals surface area contributed by atoms with Gasteiger partial charge in [0.2, 0.25) is 13.6 Å². The first-order valence-electron chi connectivity index (χ1n) is 9.47. The van der Waals surface area contributed by atoms with Crippen molar-refractivity contribution in [3.05, 3.63) is 83.2 Å². The van der Waals surface area contributed by atoms with Crippen LogP contribution in [0.3, 0.4) is 0 Å². The maximum atomic E-state index is 13.4. The average Bonchev–Trinajstić information content (AvgIpc) is 3.42. The molecule has 0 bridgehead atoms. The van der Waals surface area contributed by atoms with Gasteiger partial charge in [-0.2, -0.15) is 0 Å². The van der Waals surface area contributed by atoms with Crippen LogP contribution in [0.15, 0.2) is 60.7 Å². The molecule has 2 heterocycles. The van der Waals surface area contributed by atoms with E-state index >= 15 is 0 Å². The number of carbonyl (C=O) groups is 1. The first kappa shape index (κ1) is 18.3. The normalized spacial score (nSPS) is 13.4. The number of carbonyl (C=O) groups excluding carboxylic acids is 1. The Bertz CT molecular complexity index is 1100. The lowest BCUT2D eigenvalue weighted by Gasteiger charge is -2.23. The number of hydrogen-bond donors (Lipinski definition) is 0. The number of ether oxygens (including phenoxy) is 4. The molecule has 0 aromatic heterocycles. The van der Waals surface area contributed by atoms with E-state index in [0.29, 0.717) is 41.7 Å². The van der Waals surface area contributed by atoms with Gasteiger partial charge in [0, 0.05) is 18.7 Å². The van der Waals surface area contributed by atoms with Gasteiger partial charge < -0.3 is 23.8 Å². The number of nitrogens with zero attached hydrogens (tertiary/aromatic N) is 1. The van der Waals surface area contributed by atoms with Gasteiger partial charge in [0.1, 0.15) is 5.82 Å². The Morgan fingerprint density at radius 2 is 1.30 bits per heavy atom. The van der Waals surface area contributed by atoms with Crippen LogP contribution in [0.25, 0.3) is 0 Å². The van der Waals surface area contributed by atoms with Crippen LogP contribution < -0.4 is 18.9 Å². The van der Waals surface area contributed by atoms with Crippen molar-refractivity contribution in [1.29, 1.82) is 0 Å². The maximum absolute atomic E-state index is 13.4. The van der Waals surface area contributed by atoms with Gasteiger partial charge in [0.05, 0.1) is 0 Å². The molecule has 5 rings (SSSR count). The monoisotopic (exact) mass is 407 g/mol. The molecule has 6 nitrogen and oxygen atoms in total. The lowest BCUT2D eigenvalue weighted by Crippen LogP contribution is -2.30. The Balaban J connectivity index is 1.44. The van der Waals surface area contributed by atoms with Crippen molar-refractivity contribution in [2.45, 2.75) is 13.1 Å². The number of halogens is 1. The molecule has 152 valence electrons. The van der Waals surface area contributed by atoms with Crippen molar-refractivity contribution in [3.8, 4) is 23.0 Å². The third kappa shape index (κ3) is 3.61. The molecule has 7 heteroatoms. The highest BCUT2D eigenvalue weighted by atomic mass is 19.1. The second-order valence-corrected chi connectivity index (χ2v) is 7.04. The second-order valence-electron chi connectivity index (χ2n) is 7.04. The Labute approximate surface area is 172 Å². The highest BCUT2D eigenvalue weighted by Crippen LogP contribution is 2.34. The molecule has 2 aliphatic heterocycles. The Morgan fingerprint density at radius 1 is 0.733 bits per heavy atom. The van der Waals surface area contributed by atoms with Crippen LogP contribution in [0.2, 0.25) is 0 Å². The Hall–Kier alpha value is -3.74. The Kier molecular flexibility index (Phi) is 4.63. The molecule has 0 fully saturated rings. The molecule has 0 spiro atoms. The van der Waals surface area contributed by atoms with Crippen LogP contribution in [0.1, 0.15) is 21.5 Å². The minimum absolute atomic E-state index is 0.142. The van der Waals surface area contributed by atoms with Crippen molar-refractivity contribution >= 4 is 5.91 Å². The first-order chi connectivity index (χ1) is 14.7. The predicted octanol–water partition coefficient (Wildman–Crippen LogP) is 4.13. The fraction of sp³-hybridized carbons (Fsp3) is 0.174. The number of benzene rings is 3. The van der Waals surface area contributed by atoms with Gasteiger partial charge in [-0.05, 0) is 53.6 Å². The van der Waals surface area contributed by atoms with Crippen LogP contribution >= 0.6 is 0 Å². The summed E-state index contributed by atoms with van der Waals surface area (Å²) in [7, 11) is 0. The summed E-state index contributed by atoms with van der Waals surface area (Å²) in [6.45, 7) is 1.00. The van der Waals surface area contributed by atoms with Gasteiger partial charge in [-0.15, -0.1) is 0 Å². The molecule has 30 heavy (non-hydrogen) atoms. The molecular weight excluding hydrogens is 389 g/mol. The predicted molar refractivity (Wildman–Crippen MR) is 105 cm³/mol.